The van der Waals surface area contributed by atoms with Gasteiger partial charge in [0.05, 0.1) is 29.1 Å². The normalized spacial score (nSPS) is 12.7. The van der Waals surface area contributed by atoms with Crippen molar-refractivity contribution < 1.29 is 14.2 Å². The summed E-state index contributed by atoms with van der Waals surface area (Å²) < 4.78 is 18.4. The van der Waals surface area contributed by atoms with Crippen molar-refractivity contribution in [1.29, 1.82) is 0 Å². The second-order valence-electron chi connectivity index (χ2n) is 6.11. The van der Waals surface area contributed by atoms with E-state index in [0.717, 1.165) is 10.0 Å². The monoisotopic (exact) mass is 482 g/mol. The van der Waals surface area contributed by atoms with Crippen molar-refractivity contribution in [2.45, 2.75) is 17.5 Å². The predicted octanol–water partition coefficient (Wildman–Crippen LogP) is 4.48. The number of methoxy groups -OCH3 is 1. The number of benzene rings is 2. The van der Waals surface area contributed by atoms with E-state index in [0.29, 0.717) is 51.5 Å². The molecule has 0 fully saturated rings. The molecule has 0 bridgehead atoms. The lowest BCUT2D eigenvalue weighted by Crippen LogP contribution is -2.25. The zero-order chi connectivity index (χ0) is 19.7. The number of thioether (sulfide) groups is 1. The first-order valence-corrected chi connectivity index (χ1v) is 10.6. The van der Waals surface area contributed by atoms with Gasteiger partial charge in [-0.05, 0) is 35.9 Å². The third kappa shape index (κ3) is 3.87. The van der Waals surface area contributed by atoms with Crippen molar-refractivity contribution in [3.05, 3.63) is 55.7 Å². The summed E-state index contributed by atoms with van der Waals surface area (Å²) in [6, 6.07) is 9.25. The maximum absolute atomic E-state index is 13.0. The lowest BCUT2D eigenvalue weighted by atomic mass is 10.2. The van der Waals surface area contributed by atoms with E-state index in [9.17, 15) is 4.79 Å². The summed E-state index contributed by atoms with van der Waals surface area (Å²) in [7, 11) is 1.61. The number of rotatable bonds is 6. The molecular formula is C19H16BrClN2O4S. The first-order chi connectivity index (χ1) is 13.6. The Hall–Kier alpha value is -1.74. The van der Waals surface area contributed by atoms with Crippen LogP contribution in [0, 0.1) is 0 Å². The smallest absolute Gasteiger partial charge is 0.262 e. The van der Waals surface area contributed by atoms with E-state index >= 15 is 0 Å². The van der Waals surface area contributed by atoms with Crippen LogP contribution < -0.4 is 15.0 Å². The van der Waals surface area contributed by atoms with E-state index in [1.165, 1.54) is 11.8 Å². The van der Waals surface area contributed by atoms with Crippen molar-refractivity contribution in [3.8, 4) is 11.5 Å². The molecule has 0 amide bonds. The van der Waals surface area contributed by atoms with Crippen LogP contribution in [0.4, 0.5) is 0 Å². The predicted molar refractivity (Wildman–Crippen MR) is 113 cm³/mol. The van der Waals surface area contributed by atoms with Gasteiger partial charge in [-0.25, -0.2) is 4.98 Å². The van der Waals surface area contributed by atoms with Gasteiger partial charge in [0.25, 0.3) is 5.56 Å². The molecule has 1 aliphatic rings. The summed E-state index contributed by atoms with van der Waals surface area (Å²) in [6.45, 7) is 1.02. The van der Waals surface area contributed by atoms with Crippen LogP contribution in [0.3, 0.4) is 0 Å². The molecule has 0 spiro atoms. The fraction of sp³-hybridized carbons (Fsp3) is 0.263. The number of halogens is 2. The highest BCUT2D eigenvalue weighted by molar-refractivity contribution is 9.10. The van der Waals surface area contributed by atoms with Gasteiger partial charge in [0.1, 0.15) is 0 Å². The Bertz CT molecular complexity index is 1110. The van der Waals surface area contributed by atoms with E-state index in [1.807, 2.05) is 24.3 Å². The fourth-order valence-electron chi connectivity index (χ4n) is 2.91. The van der Waals surface area contributed by atoms with Gasteiger partial charge >= 0.3 is 0 Å². The van der Waals surface area contributed by atoms with Gasteiger partial charge in [0.15, 0.2) is 16.7 Å². The molecule has 0 atom stereocenters. The average Bonchev–Trinajstić information content (AvgIpc) is 3.16. The maximum Gasteiger partial charge on any atom is 0.262 e. The minimum Gasteiger partial charge on any atom is -0.454 e. The van der Waals surface area contributed by atoms with Crippen LogP contribution in [0.5, 0.6) is 11.5 Å². The largest absolute Gasteiger partial charge is 0.454 e. The molecule has 0 unspecified atom stereocenters. The fourth-order valence-corrected chi connectivity index (χ4v) is 4.52. The van der Waals surface area contributed by atoms with Crippen molar-refractivity contribution >= 4 is 50.2 Å². The third-order valence-corrected chi connectivity index (χ3v) is 6.08. The number of nitrogens with zero attached hydrogens (tertiary/aromatic N) is 2. The molecular weight excluding hydrogens is 468 g/mol. The molecule has 3 aromatic rings. The van der Waals surface area contributed by atoms with Crippen LogP contribution in [0.25, 0.3) is 10.9 Å². The van der Waals surface area contributed by atoms with Crippen molar-refractivity contribution in [3.63, 3.8) is 0 Å². The molecule has 0 aliphatic carbocycles. The molecule has 1 aromatic heterocycles. The van der Waals surface area contributed by atoms with Gasteiger partial charge in [-0.2, -0.15) is 0 Å². The van der Waals surface area contributed by atoms with Crippen LogP contribution in [0.15, 0.2) is 44.8 Å². The molecule has 28 heavy (non-hydrogen) atoms. The summed E-state index contributed by atoms with van der Waals surface area (Å²) in [5, 5.41) is 1.71. The average molecular weight is 484 g/mol. The van der Waals surface area contributed by atoms with E-state index in [1.54, 1.807) is 17.7 Å². The number of fused-ring (bicyclic) bond motifs is 2. The van der Waals surface area contributed by atoms with Crippen LogP contribution in [-0.4, -0.2) is 30.1 Å². The molecule has 2 aromatic carbocycles. The lowest BCUT2D eigenvalue weighted by molar-refractivity contribution is 0.174. The summed E-state index contributed by atoms with van der Waals surface area (Å²) in [5.74, 6) is 1.79. The zero-order valence-electron chi connectivity index (χ0n) is 14.9. The molecule has 1 aliphatic heterocycles. The van der Waals surface area contributed by atoms with E-state index in [-0.39, 0.29) is 12.4 Å². The quantitative estimate of drug-likeness (QED) is 0.380. The molecule has 0 saturated heterocycles. The first kappa shape index (κ1) is 19.6. The first-order valence-electron chi connectivity index (χ1n) is 8.46. The summed E-state index contributed by atoms with van der Waals surface area (Å²) in [5.41, 5.74) is 1.53. The van der Waals surface area contributed by atoms with Gasteiger partial charge in [-0.3, -0.25) is 9.36 Å². The summed E-state index contributed by atoms with van der Waals surface area (Å²) in [6.07, 6.45) is 0. The Morgan fingerprint density at radius 1 is 1.32 bits per heavy atom. The number of ether oxygens (including phenoxy) is 3. The Morgan fingerprint density at radius 3 is 3.00 bits per heavy atom. The Morgan fingerprint density at radius 2 is 2.18 bits per heavy atom. The van der Waals surface area contributed by atoms with Crippen molar-refractivity contribution in [2.24, 2.45) is 0 Å². The van der Waals surface area contributed by atoms with Crippen LogP contribution in [-0.2, 0) is 17.0 Å². The second kappa shape index (κ2) is 8.32. The topological polar surface area (TPSA) is 62.6 Å². The third-order valence-electron chi connectivity index (χ3n) is 4.26. The highest BCUT2D eigenvalue weighted by Crippen LogP contribution is 2.40. The van der Waals surface area contributed by atoms with Gasteiger partial charge in [-0.1, -0.05) is 39.3 Å². The second-order valence-corrected chi connectivity index (χ2v) is 8.37. The van der Waals surface area contributed by atoms with Gasteiger partial charge < -0.3 is 14.2 Å². The van der Waals surface area contributed by atoms with E-state index in [4.69, 9.17) is 30.8 Å². The standard InChI is InChI=1S/C19H16BrClN2O4S/c1-25-5-4-23-18(24)13-8-12(20)2-3-15(13)22-19(23)28-9-11-6-14(21)17-16(7-11)26-10-27-17/h2-3,6-8H,4-5,9-10H2,1H3. The van der Waals surface area contributed by atoms with Crippen molar-refractivity contribution in [2.75, 3.05) is 20.5 Å². The highest BCUT2D eigenvalue weighted by Gasteiger charge is 2.19. The van der Waals surface area contributed by atoms with Crippen molar-refractivity contribution in [1.82, 2.24) is 9.55 Å². The zero-order valence-corrected chi connectivity index (χ0v) is 18.1. The molecule has 9 heteroatoms. The number of hydrogen-bond donors (Lipinski definition) is 0. The summed E-state index contributed by atoms with van der Waals surface area (Å²) in [4.78, 5) is 17.7. The maximum atomic E-state index is 13.0. The van der Waals surface area contributed by atoms with E-state index < -0.39 is 0 Å². The highest BCUT2D eigenvalue weighted by atomic mass is 79.9. The minimum absolute atomic E-state index is 0.0884. The molecule has 4 rings (SSSR count). The lowest BCUT2D eigenvalue weighted by Gasteiger charge is -2.13. The van der Waals surface area contributed by atoms with E-state index in [2.05, 4.69) is 15.9 Å². The van der Waals surface area contributed by atoms with Crippen LogP contribution in [0.2, 0.25) is 5.02 Å². The van der Waals surface area contributed by atoms with Crippen LogP contribution in [0.1, 0.15) is 5.56 Å². The SMILES string of the molecule is COCCn1c(SCc2cc(Cl)c3c(c2)OCO3)nc2ccc(Br)cc2c1=O. The van der Waals surface area contributed by atoms with Gasteiger partial charge in [0, 0.05) is 17.3 Å². The molecule has 0 saturated carbocycles. The molecule has 6 nitrogen and oxygen atoms in total. The molecule has 146 valence electrons. The van der Waals surface area contributed by atoms with Gasteiger partial charge in [0.2, 0.25) is 6.79 Å². The molecule has 0 N–H and O–H groups in total. The Balaban J connectivity index is 1.68. The Labute approximate surface area is 178 Å². The number of hydrogen-bond acceptors (Lipinski definition) is 6. The number of aromatic nitrogens is 2. The van der Waals surface area contributed by atoms with Gasteiger partial charge in [-0.15, -0.1) is 0 Å². The molecule has 0 radical (unpaired) electrons. The van der Waals surface area contributed by atoms with Crippen LogP contribution >= 0.6 is 39.3 Å². The molecule has 2 heterocycles. The minimum atomic E-state index is -0.0884. The Kier molecular flexibility index (Phi) is 5.82. The summed E-state index contributed by atoms with van der Waals surface area (Å²) >= 11 is 11.2.